The number of nitrogen functional groups attached to an aromatic ring is 1. The molecule has 0 bridgehead atoms. The van der Waals surface area contributed by atoms with Gasteiger partial charge in [-0.2, -0.15) is 18.1 Å². The number of thioether (sulfide) groups is 1. The number of nitrogens with two attached hydrogens (primary N) is 1. The van der Waals surface area contributed by atoms with Gasteiger partial charge in [0.2, 0.25) is 11.5 Å². The van der Waals surface area contributed by atoms with Crippen molar-refractivity contribution in [2.75, 3.05) is 11.5 Å². The van der Waals surface area contributed by atoms with Crippen LogP contribution in [0.15, 0.2) is 47.0 Å². The molecule has 2 atom stereocenters. The van der Waals surface area contributed by atoms with Gasteiger partial charge in [0.25, 0.3) is 11.8 Å². The first-order valence-corrected chi connectivity index (χ1v) is 11.3. The van der Waals surface area contributed by atoms with Crippen LogP contribution in [0.25, 0.3) is 0 Å². The fourth-order valence-electron chi connectivity index (χ4n) is 3.37. The molecule has 4 heterocycles. The summed E-state index contributed by atoms with van der Waals surface area (Å²) in [5.74, 6) is -3.41. The van der Waals surface area contributed by atoms with E-state index in [1.165, 1.54) is 11.8 Å². The second kappa shape index (κ2) is 9.68. The Balaban J connectivity index is 1.53. The van der Waals surface area contributed by atoms with Crippen molar-refractivity contribution in [3.63, 3.8) is 0 Å². The predicted octanol–water partition coefficient (Wildman–Crippen LogP) is -1.54. The maximum absolute atomic E-state index is 12.8. The largest absolute Gasteiger partial charge is 0.543 e. The van der Waals surface area contributed by atoms with E-state index in [0.717, 1.165) is 4.90 Å². The SMILES string of the molecule is Nc1nc(C(=NOC(F)F)C(=O)NC2C(=O)N3C(C(=O)[O-])=C(C[n+]4ccccc4)CS[C@H]23)ns1. The van der Waals surface area contributed by atoms with E-state index in [1.807, 2.05) is 6.07 Å². The van der Waals surface area contributed by atoms with E-state index in [4.69, 9.17) is 5.73 Å². The van der Waals surface area contributed by atoms with Crippen molar-refractivity contribution in [2.24, 2.45) is 5.16 Å². The van der Waals surface area contributed by atoms with E-state index in [9.17, 15) is 28.3 Å². The summed E-state index contributed by atoms with van der Waals surface area (Å²) in [5, 5.41) is 16.5. The number of oxime groups is 1. The Hall–Kier alpha value is -3.66. The number of rotatable bonds is 8. The molecule has 1 fully saturated rings. The minimum Gasteiger partial charge on any atom is -0.543 e. The van der Waals surface area contributed by atoms with Gasteiger partial charge in [-0.3, -0.25) is 14.5 Å². The van der Waals surface area contributed by atoms with Crippen LogP contribution >= 0.6 is 23.3 Å². The van der Waals surface area contributed by atoms with Crippen molar-refractivity contribution in [2.45, 2.75) is 24.6 Å². The second-order valence-corrected chi connectivity index (χ2v) is 8.80. The van der Waals surface area contributed by atoms with E-state index < -0.39 is 41.5 Å². The lowest BCUT2D eigenvalue weighted by molar-refractivity contribution is -0.689. The number of aliphatic carboxylic acids is 1. The van der Waals surface area contributed by atoms with Gasteiger partial charge in [-0.25, -0.2) is 4.57 Å². The number of hydrogen-bond donors (Lipinski definition) is 2. The van der Waals surface area contributed by atoms with Crippen LogP contribution in [0.2, 0.25) is 0 Å². The highest BCUT2D eigenvalue weighted by molar-refractivity contribution is 8.00. The highest BCUT2D eigenvalue weighted by Gasteiger charge is 2.53. The number of carboxylic acids is 1. The highest BCUT2D eigenvalue weighted by Crippen LogP contribution is 2.40. The van der Waals surface area contributed by atoms with Crippen LogP contribution in [0.4, 0.5) is 13.9 Å². The van der Waals surface area contributed by atoms with Crippen LogP contribution in [-0.2, 0) is 25.8 Å². The third-order valence-corrected chi connectivity index (χ3v) is 6.65. The van der Waals surface area contributed by atoms with E-state index in [1.54, 1.807) is 29.1 Å². The molecule has 16 heteroatoms. The molecule has 0 saturated carbocycles. The molecular weight excluding hydrogens is 496 g/mol. The van der Waals surface area contributed by atoms with Crippen molar-refractivity contribution < 1.29 is 37.7 Å². The summed E-state index contributed by atoms with van der Waals surface area (Å²) < 4.78 is 30.4. The zero-order valence-electron chi connectivity index (χ0n) is 17.0. The molecule has 2 aromatic heterocycles. The minimum atomic E-state index is -3.31. The van der Waals surface area contributed by atoms with Crippen molar-refractivity contribution in [1.29, 1.82) is 0 Å². The number of nitrogens with zero attached hydrogens (tertiary/aromatic N) is 5. The first-order chi connectivity index (χ1) is 16.3. The number of anilines is 1. The Morgan fingerprint density at radius 2 is 2.12 bits per heavy atom. The lowest BCUT2D eigenvalue weighted by atomic mass is 10.0. The Bertz CT molecular complexity index is 1190. The Kier molecular flexibility index (Phi) is 6.69. The maximum Gasteiger partial charge on any atom is 0.407 e. The van der Waals surface area contributed by atoms with Gasteiger partial charge in [0.05, 0.1) is 11.7 Å². The number of aromatic nitrogens is 3. The molecule has 34 heavy (non-hydrogen) atoms. The normalized spacial score (nSPS) is 20.1. The molecule has 12 nitrogen and oxygen atoms in total. The fourth-order valence-corrected chi connectivity index (χ4v) is 5.14. The Morgan fingerprint density at radius 3 is 2.74 bits per heavy atom. The molecule has 1 unspecified atom stereocenters. The van der Waals surface area contributed by atoms with Gasteiger partial charge in [-0.1, -0.05) is 11.2 Å². The summed E-state index contributed by atoms with van der Waals surface area (Å²) in [6, 6.07) is 4.22. The van der Waals surface area contributed by atoms with Crippen LogP contribution in [-0.4, -0.2) is 61.5 Å². The van der Waals surface area contributed by atoms with Gasteiger partial charge in [-0.15, -0.1) is 11.8 Å². The van der Waals surface area contributed by atoms with Crippen LogP contribution < -0.4 is 20.7 Å². The Morgan fingerprint density at radius 1 is 1.38 bits per heavy atom. The molecule has 2 aromatic rings. The number of nitrogens with one attached hydrogen (secondary N) is 1. The summed E-state index contributed by atoms with van der Waals surface area (Å²) in [6.07, 6.45) is 3.50. The first kappa shape index (κ1) is 23.5. The monoisotopic (exact) mass is 511 g/mol. The lowest BCUT2D eigenvalue weighted by Crippen LogP contribution is -2.71. The van der Waals surface area contributed by atoms with Crippen LogP contribution in [0.1, 0.15) is 5.82 Å². The van der Waals surface area contributed by atoms with Gasteiger partial charge in [-0.05, 0) is 0 Å². The smallest absolute Gasteiger partial charge is 0.407 e. The zero-order chi connectivity index (χ0) is 24.4. The van der Waals surface area contributed by atoms with Gasteiger partial charge in [0, 0.05) is 35.0 Å². The number of halogens is 2. The van der Waals surface area contributed by atoms with Gasteiger partial charge in [0.15, 0.2) is 24.1 Å². The fraction of sp³-hybridized carbons (Fsp3) is 0.278. The van der Waals surface area contributed by atoms with Crippen molar-refractivity contribution >= 4 is 51.9 Å². The topological polar surface area (TPSA) is 167 Å². The van der Waals surface area contributed by atoms with E-state index >= 15 is 0 Å². The van der Waals surface area contributed by atoms with Crippen LogP contribution in [0.3, 0.4) is 0 Å². The number of carboxylic acid groups (broad SMARTS) is 1. The molecule has 1 saturated heterocycles. The highest BCUT2D eigenvalue weighted by atomic mass is 32.2. The number of carbonyl (C=O) groups excluding carboxylic acids is 3. The number of hydrogen-bond acceptors (Lipinski definition) is 11. The standard InChI is InChI=1S/C18H15F2N7O5S2/c19-17(20)32-24-9(12-23-18(21)34-25-12)13(28)22-10-14(29)27-11(16(30)31)8(7-33-15(10)27)6-26-4-2-1-3-5-26/h1-5,10,15,17H,6-7H2,(H3-,21,22,23,25,28,30,31)/t10?,15-/m1/s1. The number of pyridine rings is 1. The summed E-state index contributed by atoms with van der Waals surface area (Å²) >= 11 is 1.93. The minimum absolute atomic E-state index is 0.0474. The molecule has 2 aliphatic rings. The van der Waals surface area contributed by atoms with E-state index in [-0.39, 0.29) is 29.0 Å². The lowest BCUT2D eigenvalue weighted by Gasteiger charge is -2.50. The second-order valence-electron chi connectivity index (χ2n) is 6.91. The van der Waals surface area contributed by atoms with Gasteiger partial charge in [0.1, 0.15) is 11.4 Å². The Labute approximate surface area is 198 Å². The van der Waals surface area contributed by atoms with E-state index in [2.05, 4.69) is 24.7 Å². The summed E-state index contributed by atoms with van der Waals surface area (Å²) in [5.41, 5.74) is 4.96. The van der Waals surface area contributed by atoms with Crippen LogP contribution in [0.5, 0.6) is 0 Å². The molecule has 2 amide bonds. The number of β-lactam (4-membered cyclic amide) rings is 1. The maximum atomic E-state index is 12.8. The number of fused-ring (bicyclic) bond motifs is 1. The van der Waals surface area contributed by atoms with Gasteiger partial charge >= 0.3 is 6.61 Å². The molecule has 178 valence electrons. The van der Waals surface area contributed by atoms with E-state index in [0.29, 0.717) is 17.1 Å². The molecule has 2 aliphatic heterocycles. The summed E-state index contributed by atoms with van der Waals surface area (Å²) in [6.45, 7) is -3.09. The van der Waals surface area contributed by atoms with Crippen molar-refractivity contribution in [3.8, 4) is 0 Å². The van der Waals surface area contributed by atoms with Crippen molar-refractivity contribution in [3.05, 3.63) is 47.7 Å². The van der Waals surface area contributed by atoms with Gasteiger partial charge < -0.3 is 25.8 Å². The molecular formula is C18H15F2N7O5S2. The third-order valence-electron chi connectivity index (χ3n) is 4.77. The third kappa shape index (κ3) is 4.67. The molecule has 0 aliphatic carbocycles. The molecule has 0 aromatic carbocycles. The molecule has 4 rings (SSSR count). The number of amides is 2. The summed E-state index contributed by atoms with van der Waals surface area (Å²) in [7, 11) is 0. The average molecular weight is 511 g/mol. The number of carbonyl (C=O) groups is 3. The molecule has 0 spiro atoms. The van der Waals surface area contributed by atoms with Crippen LogP contribution in [0, 0.1) is 0 Å². The predicted molar refractivity (Wildman–Crippen MR) is 112 cm³/mol. The number of alkyl halides is 2. The molecule has 3 N–H and O–H groups in total. The molecule has 0 radical (unpaired) electrons. The first-order valence-electron chi connectivity index (χ1n) is 9.50. The zero-order valence-corrected chi connectivity index (χ0v) is 18.6. The average Bonchev–Trinajstić information content (AvgIpc) is 3.23. The summed E-state index contributed by atoms with van der Waals surface area (Å²) in [4.78, 5) is 46.0. The van der Waals surface area contributed by atoms with Crippen molar-refractivity contribution in [1.82, 2.24) is 19.6 Å². The quantitative estimate of drug-likeness (QED) is 0.185.